The fourth-order valence-corrected chi connectivity index (χ4v) is 4.12. The van der Waals surface area contributed by atoms with Gasteiger partial charge in [-0.1, -0.05) is 6.08 Å². The summed E-state index contributed by atoms with van der Waals surface area (Å²) in [7, 11) is 1.72. The Balaban J connectivity index is 1.60. The Morgan fingerprint density at radius 2 is 1.50 bits per heavy atom. The number of fused-ring (bicyclic) bond motifs is 3. The van der Waals surface area contributed by atoms with Crippen molar-refractivity contribution in [1.82, 2.24) is 9.97 Å². The molecule has 3 aromatic rings. The van der Waals surface area contributed by atoms with Crippen LogP contribution in [0.3, 0.4) is 0 Å². The van der Waals surface area contributed by atoms with E-state index in [2.05, 4.69) is 50.1 Å². The molecule has 0 amide bonds. The topological polar surface area (TPSA) is 61.7 Å². The second-order valence-corrected chi connectivity index (χ2v) is 7.17. The zero-order valence-electron chi connectivity index (χ0n) is 15.8. The third-order valence-electron chi connectivity index (χ3n) is 5.60. The number of aromatic nitrogens is 2. The van der Waals surface area contributed by atoms with E-state index in [1.807, 2.05) is 18.5 Å². The average molecular weight is 374 g/mol. The molecule has 142 valence electrons. The molecule has 0 spiro atoms. The molecule has 1 aromatic carbocycles. The van der Waals surface area contributed by atoms with Crippen LogP contribution in [-0.4, -0.2) is 55.0 Å². The maximum Gasteiger partial charge on any atom is 0.113 e. The largest absolute Gasteiger partial charge is 0.499 e. The monoisotopic (exact) mass is 374 g/mol. The molecule has 0 bridgehead atoms. The van der Waals surface area contributed by atoms with E-state index < -0.39 is 0 Å². The van der Waals surface area contributed by atoms with Gasteiger partial charge in [0.25, 0.3) is 0 Å². The van der Waals surface area contributed by atoms with Crippen LogP contribution in [0, 0.1) is 0 Å². The van der Waals surface area contributed by atoms with Crippen molar-refractivity contribution in [3.63, 3.8) is 0 Å². The molecule has 2 aliphatic heterocycles. The fourth-order valence-electron chi connectivity index (χ4n) is 4.12. The number of aliphatic hydroxyl groups is 1. The Morgan fingerprint density at radius 1 is 0.893 bits per heavy atom. The van der Waals surface area contributed by atoms with Gasteiger partial charge in [0.2, 0.25) is 0 Å². The minimum absolute atomic E-state index is 0.112. The molecule has 6 nitrogen and oxygen atoms in total. The van der Waals surface area contributed by atoms with Crippen LogP contribution in [-0.2, 0) is 4.74 Å². The number of ether oxygens (including phenoxy) is 1. The summed E-state index contributed by atoms with van der Waals surface area (Å²) in [6.45, 7) is 3.27. The predicted molar refractivity (Wildman–Crippen MR) is 112 cm³/mol. The summed E-state index contributed by atoms with van der Waals surface area (Å²) in [6.07, 6.45) is 7.92. The molecule has 0 unspecified atom stereocenters. The molecule has 5 rings (SSSR count). The number of benzene rings is 1. The van der Waals surface area contributed by atoms with Crippen molar-refractivity contribution in [1.29, 1.82) is 0 Å². The summed E-state index contributed by atoms with van der Waals surface area (Å²) < 4.78 is 5.40. The van der Waals surface area contributed by atoms with Crippen molar-refractivity contribution >= 4 is 33.2 Å². The number of anilines is 2. The van der Waals surface area contributed by atoms with Gasteiger partial charge in [0, 0.05) is 54.2 Å². The van der Waals surface area contributed by atoms with E-state index in [-0.39, 0.29) is 6.61 Å². The van der Waals surface area contributed by atoms with Crippen molar-refractivity contribution in [3.8, 4) is 0 Å². The lowest BCUT2D eigenvalue weighted by atomic mass is 10.1. The Morgan fingerprint density at radius 3 is 2.04 bits per heavy atom. The second kappa shape index (κ2) is 6.80. The van der Waals surface area contributed by atoms with Crippen molar-refractivity contribution in [3.05, 3.63) is 60.1 Å². The SMILES string of the molecule is COC1=CCN(c2ccnc3c2ccc2c(N4CC=C(CO)C4)ccnc23)C1. The maximum atomic E-state index is 9.42. The van der Waals surface area contributed by atoms with Gasteiger partial charge in [-0.15, -0.1) is 0 Å². The van der Waals surface area contributed by atoms with Gasteiger partial charge in [-0.25, -0.2) is 0 Å². The summed E-state index contributed by atoms with van der Waals surface area (Å²) in [6, 6.07) is 8.39. The van der Waals surface area contributed by atoms with Crippen molar-refractivity contribution < 1.29 is 9.84 Å². The standard InChI is InChI=1S/C22H22N4O2/c1-28-16-7-11-26(13-16)20-5-9-24-22-18(20)3-2-17-19(4-8-23-21(17)22)25-10-6-15(12-25)14-27/h2-9,27H,10-14H2,1H3. The molecule has 0 atom stereocenters. The highest BCUT2D eigenvalue weighted by Gasteiger charge is 2.20. The van der Waals surface area contributed by atoms with Crippen molar-refractivity contribution in [2.24, 2.45) is 0 Å². The molecule has 28 heavy (non-hydrogen) atoms. The molecule has 0 saturated carbocycles. The molecule has 4 heterocycles. The van der Waals surface area contributed by atoms with Crippen LogP contribution in [0.15, 0.2) is 60.1 Å². The van der Waals surface area contributed by atoms with Gasteiger partial charge in [-0.2, -0.15) is 0 Å². The van der Waals surface area contributed by atoms with Crippen molar-refractivity contribution in [2.45, 2.75) is 0 Å². The Bertz CT molecular complexity index is 1030. The van der Waals surface area contributed by atoms with Gasteiger partial charge >= 0.3 is 0 Å². The third kappa shape index (κ3) is 2.68. The lowest BCUT2D eigenvalue weighted by Crippen LogP contribution is -2.21. The summed E-state index contributed by atoms with van der Waals surface area (Å²) >= 11 is 0. The second-order valence-electron chi connectivity index (χ2n) is 7.17. The van der Waals surface area contributed by atoms with E-state index >= 15 is 0 Å². The minimum atomic E-state index is 0.112. The number of methoxy groups -OCH3 is 1. The molecule has 0 fully saturated rings. The first-order valence-electron chi connectivity index (χ1n) is 9.46. The maximum absolute atomic E-state index is 9.42. The van der Waals surface area contributed by atoms with E-state index in [1.165, 1.54) is 0 Å². The smallest absolute Gasteiger partial charge is 0.113 e. The van der Waals surface area contributed by atoms with Crippen LogP contribution in [0.25, 0.3) is 21.8 Å². The highest BCUT2D eigenvalue weighted by Crippen LogP contribution is 2.35. The summed E-state index contributed by atoms with van der Waals surface area (Å²) in [4.78, 5) is 13.9. The van der Waals surface area contributed by atoms with Gasteiger partial charge in [0.05, 0.1) is 31.3 Å². The molecule has 1 N–H and O–H groups in total. The van der Waals surface area contributed by atoms with Crippen molar-refractivity contribution in [2.75, 3.05) is 49.7 Å². The molecule has 6 heteroatoms. The van der Waals surface area contributed by atoms with Gasteiger partial charge in [-0.3, -0.25) is 9.97 Å². The summed E-state index contributed by atoms with van der Waals surface area (Å²) in [5.74, 6) is 0.993. The molecule has 0 saturated heterocycles. The van der Waals surface area contributed by atoms with Crippen LogP contribution in [0.2, 0.25) is 0 Å². The Labute approximate surface area is 163 Å². The first-order valence-corrected chi connectivity index (χ1v) is 9.46. The Kier molecular flexibility index (Phi) is 4.13. The van der Waals surface area contributed by atoms with Gasteiger partial charge in [0.1, 0.15) is 5.76 Å². The van der Waals surface area contributed by atoms with E-state index in [0.717, 1.165) is 70.7 Å². The van der Waals surface area contributed by atoms with Crippen LogP contribution in [0.1, 0.15) is 0 Å². The third-order valence-corrected chi connectivity index (χ3v) is 5.60. The predicted octanol–water partition coefficient (Wildman–Crippen LogP) is 2.87. The number of aliphatic hydroxyl groups excluding tert-OH is 1. The lowest BCUT2D eigenvalue weighted by molar-refractivity contribution is 0.291. The first-order chi connectivity index (χ1) is 13.8. The normalized spacial score (nSPS) is 16.8. The van der Waals surface area contributed by atoms with Crippen LogP contribution >= 0.6 is 0 Å². The fraction of sp³-hybridized carbons (Fsp3) is 0.273. The molecular weight excluding hydrogens is 352 g/mol. The zero-order valence-corrected chi connectivity index (χ0v) is 15.8. The van der Waals surface area contributed by atoms with Crippen LogP contribution < -0.4 is 9.80 Å². The Hall–Kier alpha value is -3.12. The molecular formula is C22H22N4O2. The van der Waals surface area contributed by atoms with Gasteiger partial charge in [0.15, 0.2) is 0 Å². The van der Waals surface area contributed by atoms with E-state index in [4.69, 9.17) is 4.74 Å². The summed E-state index contributed by atoms with van der Waals surface area (Å²) in [5.41, 5.74) is 5.16. The number of hydrogen-bond donors (Lipinski definition) is 1. The highest BCUT2D eigenvalue weighted by molar-refractivity contribution is 6.10. The molecule has 2 aliphatic rings. The zero-order chi connectivity index (χ0) is 19.1. The lowest BCUT2D eigenvalue weighted by Gasteiger charge is -2.22. The van der Waals surface area contributed by atoms with Gasteiger partial charge in [-0.05, 0) is 35.9 Å². The van der Waals surface area contributed by atoms with E-state index in [0.29, 0.717) is 0 Å². The first kappa shape index (κ1) is 17.0. The number of rotatable bonds is 4. The van der Waals surface area contributed by atoms with E-state index in [9.17, 15) is 5.11 Å². The van der Waals surface area contributed by atoms with Crippen LogP contribution in [0.5, 0.6) is 0 Å². The van der Waals surface area contributed by atoms with Crippen LogP contribution in [0.4, 0.5) is 11.4 Å². The minimum Gasteiger partial charge on any atom is -0.499 e. The quantitative estimate of drug-likeness (QED) is 0.560. The molecule has 0 radical (unpaired) electrons. The van der Waals surface area contributed by atoms with Gasteiger partial charge < -0.3 is 19.6 Å². The van der Waals surface area contributed by atoms with E-state index in [1.54, 1.807) is 7.11 Å². The molecule has 0 aliphatic carbocycles. The average Bonchev–Trinajstić information content (AvgIpc) is 3.42. The summed E-state index contributed by atoms with van der Waals surface area (Å²) in [5, 5.41) is 11.6. The number of pyridine rings is 2. The highest BCUT2D eigenvalue weighted by atomic mass is 16.5. The number of hydrogen-bond acceptors (Lipinski definition) is 6. The number of nitrogens with zero attached hydrogens (tertiary/aromatic N) is 4. The molecule has 2 aromatic heterocycles.